The number of amides is 3. The highest BCUT2D eigenvalue weighted by atomic mass is 19.2. The van der Waals surface area contributed by atoms with Crippen molar-refractivity contribution in [3.05, 3.63) is 70.4 Å². The van der Waals surface area contributed by atoms with Gasteiger partial charge in [-0.1, -0.05) is 19.9 Å². The first kappa shape index (κ1) is 33.0. The number of ether oxygens (including phenoxy) is 1. The molecule has 0 aliphatic carbocycles. The van der Waals surface area contributed by atoms with Crippen LogP contribution in [0.1, 0.15) is 38.9 Å². The fourth-order valence-electron chi connectivity index (χ4n) is 4.10. The molecule has 3 aromatic rings. The third kappa shape index (κ3) is 8.72. The maximum atomic E-state index is 14.1. The van der Waals surface area contributed by atoms with E-state index in [1.165, 1.54) is 46.8 Å². The van der Waals surface area contributed by atoms with Crippen molar-refractivity contribution >= 4 is 34.6 Å². The van der Waals surface area contributed by atoms with Crippen molar-refractivity contribution < 1.29 is 27.9 Å². The van der Waals surface area contributed by atoms with Gasteiger partial charge in [0.2, 0.25) is 5.91 Å². The number of halogens is 2. The lowest BCUT2D eigenvalue weighted by atomic mass is 10.1. The molecule has 1 unspecified atom stereocenters. The number of aryl methyl sites for hydroxylation is 1. The number of carbonyl (C=O) groups excluding carboxylic acids is 3. The summed E-state index contributed by atoms with van der Waals surface area (Å²) in [5.74, 6) is -2.20. The Morgan fingerprint density at radius 1 is 1.07 bits per heavy atom. The number of likely N-dealkylation sites (N-methyl/N-ethyl adjacent to an activating group) is 1. The molecule has 0 aliphatic rings. The second kappa shape index (κ2) is 14.6. The summed E-state index contributed by atoms with van der Waals surface area (Å²) in [5.41, 5.74) is 0.0736. The number of imidazole rings is 1. The van der Waals surface area contributed by atoms with Gasteiger partial charge in [-0.25, -0.2) is 18.6 Å². The van der Waals surface area contributed by atoms with Gasteiger partial charge in [0.15, 0.2) is 17.7 Å². The number of hydrogen-bond acceptors (Lipinski definition) is 6. The van der Waals surface area contributed by atoms with Crippen molar-refractivity contribution in [2.45, 2.75) is 52.3 Å². The molecule has 0 radical (unpaired) electrons. The first-order valence-corrected chi connectivity index (χ1v) is 13.9. The molecule has 3 rings (SSSR count). The maximum Gasteiger partial charge on any atom is 0.410 e. The Balaban J connectivity index is 1.86. The van der Waals surface area contributed by atoms with Gasteiger partial charge in [-0.05, 0) is 43.4 Å². The number of fused-ring (bicyclic) bond motifs is 1. The first-order valence-electron chi connectivity index (χ1n) is 13.9. The molecule has 2 aromatic heterocycles. The number of nitrogens with one attached hydrogen (secondary N) is 1. The molecule has 3 amide bonds. The van der Waals surface area contributed by atoms with E-state index in [9.17, 15) is 28.0 Å². The molecule has 0 fully saturated rings. The zero-order valence-electron chi connectivity index (χ0n) is 25.3. The summed E-state index contributed by atoms with van der Waals surface area (Å²) in [4.78, 5) is 57.6. The van der Waals surface area contributed by atoms with Crippen molar-refractivity contribution in [3.8, 4) is 0 Å². The SMILES string of the molecule is CC(C)CCn1c(Cn2cccc(NC(=O)C(CC/C=C/C(=O)N(C)C)OC(=O)N(C)C)c2=O)nc2cc(F)c(F)cc21. The topological polar surface area (TPSA) is 119 Å². The van der Waals surface area contributed by atoms with Gasteiger partial charge in [0, 0.05) is 53.1 Å². The van der Waals surface area contributed by atoms with Crippen molar-refractivity contribution in [2.75, 3.05) is 33.5 Å². The van der Waals surface area contributed by atoms with Crippen LogP contribution in [0.3, 0.4) is 0 Å². The average molecular weight is 601 g/mol. The van der Waals surface area contributed by atoms with Crippen LogP contribution in [0, 0.1) is 17.6 Å². The van der Waals surface area contributed by atoms with E-state index in [0.29, 0.717) is 23.8 Å². The molecule has 43 heavy (non-hydrogen) atoms. The van der Waals surface area contributed by atoms with E-state index in [1.807, 2.05) is 13.8 Å². The molecule has 0 saturated carbocycles. The van der Waals surface area contributed by atoms with E-state index >= 15 is 0 Å². The average Bonchev–Trinajstić information content (AvgIpc) is 3.26. The fraction of sp³-hybridized carbons (Fsp3) is 0.433. The highest BCUT2D eigenvalue weighted by Gasteiger charge is 2.25. The number of carbonyl (C=O) groups is 3. The summed E-state index contributed by atoms with van der Waals surface area (Å²) in [6.45, 7) is 4.53. The molecule has 2 heterocycles. The van der Waals surface area contributed by atoms with Crippen molar-refractivity contribution in [2.24, 2.45) is 5.92 Å². The molecule has 11 nitrogen and oxygen atoms in total. The molecule has 1 aromatic carbocycles. The molecule has 13 heteroatoms. The second-order valence-electron chi connectivity index (χ2n) is 10.9. The van der Waals surface area contributed by atoms with Crippen molar-refractivity contribution in [1.29, 1.82) is 0 Å². The lowest BCUT2D eigenvalue weighted by Gasteiger charge is -2.20. The van der Waals surface area contributed by atoms with E-state index in [1.54, 1.807) is 30.8 Å². The number of hydrogen-bond donors (Lipinski definition) is 1. The van der Waals surface area contributed by atoms with E-state index in [0.717, 1.165) is 18.6 Å². The lowest BCUT2D eigenvalue weighted by Crippen LogP contribution is -2.37. The van der Waals surface area contributed by atoms with Crippen LogP contribution in [0.15, 0.2) is 47.4 Å². The van der Waals surface area contributed by atoms with E-state index in [2.05, 4.69) is 10.3 Å². The van der Waals surface area contributed by atoms with Gasteiger partial charge in [0.25, 0.3) is 11.5 Å². The molecular weight excluding hydrogens is 562 g/mol. The summed E-state index contributed by atoms with van der Waals surface area (Å²) in [6.07, 6.45) is 3.52. The highest BCUT2D eigenvalue weighted by Crippen LogP contribution is 2.22. The Kier molecular flexibility index (Phi) is 11.2. The highest BCUT2D eigenvalue weighted by molar-refractivity contribution is 5.95. The third-order valence-electron chi connectivity index (χ3n) is 6.59. The lowest BCUT2D eigenvalue weighted by molar-refractivity contribution is -0.125. The van der Waals surface area contributed by atoms with E-state index < -0.39 is 35.3 Å². The quantitative estimate of drug-likeness (QED) is 0.314. The molecule has 0 bridgehead atoms. The van der Waals surface area contributed by atoms with Crippen LogP contribution in [-0.4, -0.2) is 76.1 Å². The number of rotatable bonds is 12. The molecular formula is C30H38F2N6O5. The fourth-order valence-corrected chi connectivity index (χ4v) is 4.10. The predicted molar refractivity (Wildman–Crippen MR) is 159 cm³/mol. The minimum Gasteiger partial charge on any atom is -0.436 e. The second-order valence-corrected chi connectivity index (χ2v) is 10.9. The van der Waals surface area contributed by atoms with Crippen LogP contribution in [0.4, 0.5) is 19.3 Å². The standard InChI is InChI=1S/C30H38F2N6O5/c1-19(2)13-15-38-24-17-21(32)20(31)16-23(24)33-26(38)18-37-14-9-10-22(29(37)41)34-28(40)25(43-30(42)36(5)6)11-7-8-12-27(39)35(3)4/h8-10,12,14,16-17,19,25H,7,11,13,15,18H2,1-6H3,(H,34,40)/b12-8+. The van der Waals surface area contributed by atoms with Gasteiger partial charge < -0.3 is 29.0 Å². The number of allylic oxidation sites excluding steroid dienone is 1. The normalized spacial score (nSPS) is 12.1. The first-order chi connectivity index (χ1) is 20.3. The van der Waals surface area contributed by atoms with Gasteiger partial charge in [-0.3, -0.25) is 14.4 Å². The smallest absolute Gasteiger partial charge is 0.410 e. The monoisotopic (exact) mass is 600 g/mol. The Bertz CT molecular complexity index is 1560. The van der Waals surface area contributed by atoms with Gasteiger partial charge >= 0.3 is 6.09 Å². The largest absolute Gasteiger partial charge is 0.436 e. The van der Waals surface area contributed by atoms with E-state index in [-0.39, 0.29) is 36.5 Å². The number of benzene rings is 1. The number of nitrogens with zero attached hydrogens (tertiary/aromatic N) is 5. The summed E-state index contributed by atoms with van der Waals surface area (Å²) in [5, 5.41) is 2.55. The molecule has 1 atom stereocenters. The van der Waals surface area contributed by atoms with E-state index in [4.69, 9.17) is 4.74 Å². The summed E-state index contributed by atoms with van der Waals surface area (Å²) >= 11 is 0. The summed E-state index contributed by atoms with van der Waals surface area (Å²) in [6, 6.07) is 5.11. The predicted octanol–water partition coefficient (Wildman–Crippen LogP) is 4.00. The van der Waals surface area contributed by atoms with Crippen LogP contribution in [-0.2, 0) is 27.4 Å². The molecule has 0 saturated heterocycles. The zero-order valence-corrected chi connectivity index (χ0v) is 25.3. The minimum absolute atomic E-state index is 0.0255. The minimum atomic E-state index is -1.24. The van der Waals surface area contributed by atoms with Crippen LogP contribution >= 0.6 is 0 Å². The molecule has 1 N–H and O–H groups in total. The number of anilines is 1. The zero-order chi connectivity index (χ0) is 31.8. The molecule has 0 aliphatic heterocycles. The van der Waals surface area contributed by atoms with Gasteiger partial charge in [-0.15, -0.1) is 0 Å². The molecule has 0 spiro atoms. The van der Waals surface area contributed by atoms with Crippen molar-refractivity contribution in [3.63, 3.8) is 0 Å². The Labute approximate surface area is 248 Å². The number of pyridine rings is 1. The third-order valence-corrected chi connectivity index (χ3v) is 6.59. The van der Waals surface area contributed by atoms with Crippen molar-refractivity contribution in [1.82, 2.24) is 23.9 Å². The molecule has 232 valence electrons. The van der Waals surface area contributed by atoms with Gasteiger partial charge in [-0.2, -0.15) is 0 Å². The Hall–Kier alpha value is -4.55. The summed E-state index contributed by atoms with van der Waals surface area (Å²) in [7, 11) is 6.16. The maximum absolute atomic E-state index is 14.1. The Morgan fingerprint density at radius 3 is 2.42 bits per heavy atom. The van der Waals surface area contributed by atoms with Crippen LogP contribution in [0.2, 0.25) is 0 Å². The summed E-state index contributed by atoms with van der Waals surface area (Å²) < 4.78 is 36.5. The number of aromatic nitrogens is 3. The van der Waals surface area contributed by atoms with Crippen LogP contribution in [0.25, 0.3) is 11.0 Å². The van der Waals surface area contributed by atoms with Crippen LogP contribution in [0.5, 0.6) is 0 Å². The van der Waals surface area contributed by atoms with Crippen LogP contribution < -0.4 is 10.9 Å². The van der Waals surface area contributed by atoms with Gasteiger partial charge in [0.1, 0.15) is 11.5 Å². The Morgan fingerprint density at radius 2 is 1.77 bits per heavy atom. The van der Waals surface area contributed by atoms with Gasteiger partial charge in [0.05, 0.1) is 17.6 Å².